The van der Waals surface area contributed by atoms with Crippen LogP contribution >= 0.6 is 0 Å². The van der Waals surface area contributed by atoms with Crippen LogP contribution in [0.15, 0.2) is 18.3 Å². The number of hydrogen-bond acceptors (Lipinski definition) is 7. The SMILES string of the molecule is CNC(=O)c1c(NC)c2cnc(N3C[C@@H](C)N[C@@H](C)C3)nc2n2c1nc1cc(F)c(F)cc12. The van der Waals surface area contributed by atoms with Gasteiger partial charge in [-0.1, -0.05) is 0 Å². The summed E-state index contributed by atoms with van der Waals surface area (Å²) >= 11 is 0. The van der Waals surface area contributed by atoms with Crippen LogP contribution in [0.3, 0.4) is 0 Å². The zero-order valence-electron chi connectivity index (χ0n) is 18.7. The highest BCUT2D eigenvalue weighted by Crippen LogP contribution is 2.34. The highest BCUT2D eigenvalue weighted by Gasteiger charge is 2.27. The second kappa shape index (κ2) is 7.77. The summed E-state index contributed by atoms with van der Waals surface area (Å²) in [6.45, 7) is 5.63. The zero-order valence-corrected chi connectivity index (χ0v) is 18.7. The van der Waals surface area contributed by atoms with E-state index in [0.717, 1.165) is 25.2 Å². The number of amides is 1. The van der Waals surface area contributed by atoms with Gasteiger partial charge in [0.2, 0.25) is 5.95 Å². The van der Waals surface area contributed by atoms with Crippen molar-refractivity contribution in [1.29, 1.82) is 0 Å². The largest absolute Gasteiger partial charge is 0.387 e. The van der Waals surface area contributed by atoms with Crippen LogP contribution in [0.5, 0.6) is 0 Å². The van der Waals surface area contributed by atoms with Crippen molar-refractivity contribution in [3.8, 4) is 0 Å². The summed E-state index contributed by atoms with van der Waals surface area (Å²) in [6.07, 6.45) is 1.65. The van der Waals surface area contributed by atoms with Gasteiger partial charge in [0, 0.05) is 57.6 Å². The standard InChI is InChI=1S/C22H24F2N8O/c1-10-8-31(9-11(2)28-10)22-27-7-12-18(25-3)17(21(33)26-4)20-29-15-5-13(23)14(24)6-16(15)32(20)19(12)30-22/h5-7,10-11,25,28H,8-9H2,1-4H3,(H,26,33)/t10-,11+. The van der Waals surface area contributed by atoms with Crippen LogP contribution in [0.4, 0.5) is 20.4 Å². The van der Waals surface area contributed by atoms with Gasteiger partial charge in [-0.2, -0.15) is 4.98 Å². The first-order chi connectivity index (χ1) is 15.8. The number of carbonyl (C=O) groups is 1. The van der Waals surface area contributed by atoms with Crippen molar-refractivity contribution in [2.75, 3.05) is 37.4 Å². The number of aromatic nitrogens is 4. The van der Waals surface area contributed by atoms with Gasteiger partial charge in [-0.05, 0) is 13.8 Å². The second-order valence-electron chi connectivity index (χ2n) is 8.39. The van der Waals surface area contributed by atoms with E-state index in [9.17, 15) is 13.6 Å². The smallest absolute Gasteiger partial charge is 0.256 e. The van der Waals surface area contributed by atoms with Crippen LogP contribution < -0.4 is 20.9 Å². The van der Waals surface area contributed by atoms with Gasteiger partial charge < -0.3 is 20.9 Å². The number of rotatable bonds is 3. The van der Waals surface area contributed by atoms with Crippen LogP contribution in [0.1, 0.15) is 24.2 Å². The van der Waals surface area contributed by atoms with Gasteiger partial charge in [-0.15, -0.1) is 0 Å². The Balaban J connectivity index is 1.88. The highest BCUT2D eigenvalue weighted by molar-refractivity contribution is 6.13. The molecule has 0 aliphatic carbocycles. The molecule has 0 radical (unpaired) electrons. The third kappa shape index (κ3) is 3.30. The van der Waals surface area contributed by atoms with Crippen molar-refractivity contribution >= 4 is 45.3 Å². The maximum atomic E-state index is 14.2. The lowest BCUT2D eigenvalue weighted by Gasteiger charge is -2.36. The summed E-state index contributed by atoms with van der Waals surface area (Å²) in [4.78, 5) is 28.8. The highest BCUT2D eigenvalue weighted by atomic mass is 19.2. The lowest BCUT2D eigenvalue weighted by atomic mass is 10.1. The molecule has 1 amide bonds. The van der Waals surface area contributed by atoms with Crippen LogP contribution in [-0.2, 0) is 0 Å². The second-order valence-corrected chi connectivity index (χ2v) is 8.39. The number of piperazine rings is 1. The Bertz CT molecular complexity index is 1410. The Morgan fingerprint density at radius 1 is 1.09 bits per heavy atom. The van der Waals surface area contributed by atoms with E-state index < -0.39 is 17.5 Å². The molecule has 0 bridgehead atoms. The molecular formula is C22H24F2N8O. The average molecular weight is 454 g/mol. The summed E-state index contributed by atoms with van der Waals surface area (Å²) in [5.74, 6) is -1.89. The van der Waals surface area contributed by atoms with Crippen molar-refractivity contribution in [2.24, 2.45) is 0 Å². The van der Waals surface area contributed by atoms with E-state index in [2.05, 4.69) is 44.7 Å². The van der Waals surface area contributed by atoms with Crippen LogP contribution in [0.2, 0.25) is 0 Å². The van der Waals surface area contributed by atoms with Crippen molar-refractivity contribution in [2.45, 2.75) is 25.9 Å². The molecular weight excluding hydrogens is 430 g/mol. The van der Waals surface area contributed by atoms with E-state index in [4.69, 9.17) is 4.98 Å². The number of nitrogens with one attached hydrogen (secondary N) is 3. The number of hydrogen-bond donors (Lipinski definition) is 3. The summed E-state index contributed by atoms with van der Waals surface area (Å²) in [7, 11) is 3.20. The van der Waals surface area contributed by atoms with E-state index in [1.54, 1.807) is 17.6 Å². The molecule has 3 N–H and O–H groups in total. The van der Waals surface area contributed by atoms with Crippen LogP contribution in [-0.4, -0.2) is 64.5 Å². The maximum Gasteiger partial charge on any atom is 0.256 e. The van der Waals surface area contributed by atoms with Crippen LogP contribution in [0, 0.1) is 11.6 Å². The number of anilines is 2. The molecule has 1 aliphatic rings. The quantitative estimate of drug-likeness (QED) is 0.437. The molecule has 5 rings (SSSR count). The lowest BCUT2D eigenvalue weighted by Crippen LogP contribution is -2.54. The molecule has 0 unspecified atom stereocenters. The Hall–Kier alpha value is -3.60. The Morgan fingerprint density at radius 2 is 1.79 bits per heavy atom. The molecule has 9 nitrogen and oxygen atoms in total. The number of pyridine rings is 1. The molecule has 33 heavy (non-hydrogen) atoms. The van der Waals surface area contributed by atoms with E-state index >= 15 is 0 Å². The van der Waals surface area contributed by atoms with E-state index in [0.29, 0.717) is 28.2 Å². The Kier molecular flexibility index (Phi) is 5.00. The summed E-state index contributed by atoms with van der Waals surface area (Å²) in [6, 6.07) is 2.61. The molecule has 1 aromatic carbocycles. The Morgan fingerprint density at radius 3 is 2.45 bits per heavy atom. The number of carbonyl (C=O) groups excluding carboxylic acids is 1. The summed E-state index contributed by atoms with van der Waals surface area (Å²) in [5, 5.41) is 9.72. The molecule has 1 saturated heterocycles. The van der Waals surface area contributed by atoms with Crippen molar-refractivity contribution < 1.29 is 13.6 Å². The van der Waals surface area contributed by atoms with Gasteiger partial charge in [0.05, 0.1) is 22.1 Å². The van der Waals surface area contributed by atoms with Crippen molar-refractivity contribution in [3.63, 3.8) is 0 Å². The monoisotopic (exact) mass is 454 g/mol. The molecule has 3 aromatic heterocycles. The number of imidazole rings is 1. The molecule has 1 aliphatic heterocycles. The molecule has 4 heterocycles. The molecule has 0 spiro atoms. The van der Waals surface area contributed by atoms with Gasteiger partial charge >= 0.3 is 0 Å². The lowest BCUT2D eigenvalue weighted by molar-refractivity contribution is 0.0965. The average Bonchev–Trinajstić information content (AvgIpc) is 3.14. The predicted octanol–water partition coefficient (Wildman–Crippen LogP) is 2.30. The number of fused-ring (bicyclic) bond motifs is 5. The molecule has 11 heteroatoms. The fourth-order valence-electron chi connectivity index (χ4n) is 4.65. The normalized spacial score (nSPS) is 18.9. The minimum absolute atomic E-state index is 0.221. The minimum atomic E-state index is -1.01. The van der Waals surface area contributed by atoms with Crippen molar-refractivity contribution in [3.05, 3.63) is 35.5 Å². The third-order valence-corrected chi connectivity index (χ3v) is 5.95. The maximum absolute atomic E-state index is 14.2. The zero-order chi connectivity index (χ0) is 23.4. The van der Waals surface area contributed by atoms with Gasteiger partial charge in [-0.3, -0.25) is 9.20 Å². The van der Waals surface area contributed by atoms with Crippen molar-refractivity contribution in [1.82, 2.24) is 30.0 Å². The molecule has 4 aromatic rings. The number of benzene rings is 1. The fourth-order valence-corrected chi connectivity index (χ4v) is 4.65. The third-order valence-electron chi connectivity index (χ3n) is 5.95. The van der Waals surface area contributed by atoms with E-state index in [1.165, 1.54) is 7.05 Å². The first-order valence-electron chi connectivity index (χ1n) is 10.7. The van der Waals surface area contributed by atoms with Gasteiger partial charge in [0.15, 0.2) is 22.9 Å². The molecule has 1 fully saturated rings. The summed E-state index contributed by atoms with van der Waals surface area (Å²) in [5.41, 5.74) is 1.95. The van der Waals surface area contributed by atoms with Gasteiger partial charge in [0.1, 0.15) is 5.56 Å². The molecule has 0 saturated carbocycles. The first kappa shape index (κ1) is 21.3. The van der Waals surface area contributed by atoms with Crippen LogP contribution in [0.25, 0.3) is 27.7 Å². The predicted molar refractivity (Wildman–Crippen MR) is 123 cm³/mol. The minimum Gasteiger partial charge on any atom is -0.387 e. The Labute approximate surface area is 188 Å². The van der Waals surface area contributed by atoms with E-state index in [-0.39, 0.29) is 28.8 Å². The molecule has 2 atom stereocenters. The number of nitrogens with zero attached hydrogens (tertiary/aromatic N) is 5. The fraction of sp³-hybridized carbons (Fsp3) is 0.364. The summed E-state index contributed by atoms with van der Waals surface area (Å²) < 4.78 is 29.8. The van der Waals surface area contributed by atoms with Gasteiger partial charge in [-0.25, -0.2) is 18.7 Å². The molecule has 172 valence electrons. The number of halogens is 2. The first-order valence-corrected chi connectivity index (χ1v) is 10.7. The van der Waals surface area contributed by atoms with Gasteiger partial charge in [0.25, 0.3) is 5.91 Å². The topological polar surface area (TPSA) is 99.5 Å². The van der Waals surface area contributed by atoms with E-state index in [1.807, 2.05) is 0 Å².